The number of carbonyl (C=O) groups is 1. The lowest BCUT2D eigenvalue weighted by molar-refractivity contribution is -0.135. The SMILES string of the molecule is CC(=O)[C@@]12O[C@@H]1C[C@H]1[C@@H]3CC=C4C[C@@H](O)CC[C@]4(C)[C@@H]3CC[C@@]12C. The number of carbonyl (C=O) groups excluding carboxylic acids is 1. The highest BCUT2D eigenvalue weighted by molar-refractivity contribution is 5.90. The van der Waals surface area contributed by atoms with Crippen molar-refractivity contribution in [2.45, 2.75) is 83.5 Å². The second kappa shape index (κ2) is 4.54. The summed E-state index contributed by atoms with van der Waals surface area (Å²) < 4.78 is 6.00. The van der Waals surface area contributed by atoms with Crippen molar-refractivity contribution in [2.75, 3.05) is 0 Å². The van der Waals surface area contributed by atoms with Crippen LogP contribution < -0.4 is 0 Å². The van der Waals surface area contributed by atoms with Crippen molar-refractivity contribution in [1.29, 1.82) is 0 Å². The number of hydrogen-bond donors (Lipinski definition) is 1. The largest absolute Gasteiger partial charge is 0.393 e. The Morgan fingerprint density at radius 1 is 1.25 bits per heavy atom. The van der Waals surface area contributed by atoms with E-state index in [4.69, 9.17) is 4.74 Å². The number of ether oxygens (including phenoxy) is 1. The molecule has 5 aliphatic rings. The Hall–Kier alpha value is -0.670. The lowest BCUT2D eigenvalue weighted by atomic mass is 9.47. The zero-order valence-corrected chi connectivity index (χ0v) is 15.2. The molecule has 0 spiro atoms. The first-order valence-electron chi connectivity index (χ1n) is 9.89. The third kappa shape index (κ3) is 1.60. The Kier molecular flexibility index (Phi) is 2.94. The molecule has 0 aromatic rings. The van der Waals surface area contributed by atoms with Crippen molar-refractivity contribution in [3.63, 3.8) is 0 Å². The quantitative estimate of drug-likeness (QED) is 0.590. The molecule has 0 aromatic heterocycles. The molecule has 1 saturated heterocycles. The zero-order chi connectivity index (χ0) is 16.9. The molecule has 0 bridgehead atoms. The van der Waals surface area contributed by atoms with Crippen LogP contribution in [0, 0.1) is 28.6 Å². The average Bonchev–Trinajstić information content (AvgIpc) is 3.21. The Bertz CT molecular complexity index is 639. The van der Waals surface area contributed by atoms with Crippen molar-refractivity contribution in [3.05, 3.63) is 11.6 Å². The minimum absolute atomic E-state index is 0.0422. The molecule has 3 nitrogen and oxygen atoms in total. The normalized spacial score (nSPS) is 58.0. The van der Waals surface area contributed by atoms with Gasteiger partial charge in [-0.05, 0) is 75.0 Å². The third-order valence-corrected chi connectivity index (χ3v) is 9.03. The molecule has 24 heavy (non-hydrogen) atoms. The van der Waals surface area contributed by atoms with Gasteiger partial charge in [0, 0.05) is 5.41 Å². The number of fused-ring (bicyclic) bond motifs is 7. The van der Waals surface area contributed by atoms with Crippen LogP contribution in [0.3, 0.4) is 0 Å². The highest BCUT2D eigenvalue weighted by atomic mass is 16.6. The first-order chi connectivity index (χ1) is 11.3. The Morgan fingerprint density at radius 3 is 2.79 bits per heavy atom. The Balaban J connectivity index is 1.51. The fourth-order valence-corrected chi connectivity index (χ4v) is 7.71. The molecule has 132 valence electrons. The van der Waals surface area contributed by atoms with Crippen LogP contribution in [-0.2, 0) is 9.53 Å². The van der Waals surface area contributed by atoms with E-state index < -0.39 is 5.60 Å². The standard InChI is InChI=1S/C21H30O3/c1-12(22)21-18(24-21)11-17-15-5-4-13-10-14(23)6-8-19(13,2)16(15)7-9-20(17,21)3/h4,14-18,23H,5-11H2,1-3H3/t14-,15+,16+,17-,18+,19-,20-,21+/m0/s1. The second-order valence-electron chi connectivity index (χ2n) is 9.75. The average molecular weight is 330 g/mol. The van der Waals surface area contributed by atoms with E-state index >= 15 is 0 Å². The van der Waals surface area contributed by atoms with Crippen molar-refractivity contribution in [2.24, 2.45) is 28.6 Å². The lowest BCUT2D eigenvalue weighted by Gasteiger charge is -2.58. The number of rotatable bonds is 1. The smallest absolute Gasteiger partial charge is 0.164 e. The summed E-state index contributed by atoms with van der Waals surface area (Å²) in [4.78, 5) is 12.4. The van der Waals surface area contributed by atoms with Crippen LogP contribution >= 0.6 is 0 Å². The minimum atomic E-state index is -0.448. The van der Waals surface area contributed by atoms with Gasteiger partial charge in [0.05, 0.1) is 12.2 Å². The van der Waals surface area contributed by atoms with Crippen LogP contribution in [-0.4, -0.2) is 28.7 Å². The number of aliphatic hydroxyl groups excluding tert-OH is 1. The summed E-state index contributed by atoms with van der Waals surface area (Å²) in [7, 11) is 0. The van der Waals surface area contributed by atoms with E-state index in [1.807, 2.05) is 0 Å². The molecule has 1 N–H and O–H groups in total. The van der Waals surface area contributed by atoms with E-state index in [-0.39, 0.29) is 28.8 Å². The summed E-state index contributed by atoms with van der Waals surface area (Å²) in [5.41, 5.74) is 1.39. The molecule has 3 heteroatoms. The van der Waals surface area contributed by atoms with E-state index in [0.717, 1.165) is 44.4 Å². The van der Waals surface area contributed by atoms with E-state index in [1.165, 1.54) is 12.0 Å². The zero-order valence-electron chi connectivity index (χ0n) is 15.2. The Labute approximate surface area is 144 Å². The highest BCUT2D eigenvalue weighted by Crippen LogP contribution is 2.73. The van der Waals surface area contributed by atoms with Gasteiger partial charge in [-0.3, -0.25) is 4.79 Å². The van der Waals surface area contributed by atoms with Crippen molar-refractivity contribution >= 4 is 5.78 Å². The number of ketones is 1. The van der Waals surface area contributed by atoms with Gasteiger partial charge < -0.3 is 9.84 Å². The van der Waals surface area contributed by atoms with Crippen LogP contribution in [0.2, 0.25) is 0 Å². The first-order valence-corrected chi connectivity index (χ1v) is 9.89. The molecule has 1 aliphatic heterocycles. The minimum Gasteiger partial charge on any atom is -0.393 e. The van der Waals surface area contributed by atoms with Gasteiger partial charge in [0.1, 0.15) is 0 Å². The van der Waals surface area contributed by atoms with Gasteiger partial charge in [-0.15, -0.1) is 0 Å². The number of allylic oxidation sites excluding steroid dienone is 1. The summed E-state index contributed by atoms with van der Waals surface area (Å²) in [5.74, 6) is 2.31. The molecule has 1 heterocycles. The van der Waals surface area contributed by atoms with Crippen LogP contribution in [0.5, 0.6) is 0 Å². The van der Waals surface area contributed by atoms with Gasteiger partial charge in [-0.25, -0.2) is 0 Å². The molecular weight excluding hydrogens is 300 g/mol. The molecular formula is C21H30O3. The van der Waals surface area contributed by atoms with Gasteiger partial charge in [-0.2, -0.15) is 0 Å². The lowest BCUT2D eigenvalue weighted by Crippen LogP contribution is -2.54. The van der Waals surface area contributed by atoms with Gasteiger partial charge in [-0.1, -0.05) is 25.5 Å². The molecule has 4 fully saturated rings. The molecule has 5 rings (SSSR count). The highest BCUT2D eigenvalue weighted by Gasteiger charge is 2.79. The van der Waals surface area contributed by atoms with Crippen molar-refractivity contribution < 1.29 is 14.6 Å². The monoisotopic (exact) mass is 330 g/mol. The molecule has 3 saturated carbocycles. The molecule has 0 amide bonds. The summed E-state index contributed by atoms with van der Waals surface area (Å²) in [5, 5.41) is 10.1. The van der Waals surface area contributed by atoms with E-state index in [1.54, 1.807) is 6.92 Å². The number of epoxide rings is 1. The van der Waals surface area contributed by atoms with Gasteiger partial charge in [0.2, 0.25) is 0 Å². The summed E-state index contributed by atoms with van der Waals surface area (Å²) in [6, 6.07) is 0. The molecule has 0 aromatic carbocycles. The molecule has 8 atom stereocenters. The van der Waals surface area contributed by atoms with Gasteiger partial charge >= 0.3 is 0 Å². The van der Waals surface area contributed by atoms with E-state index in [0.29, 0.717) is 11.8 Å². The second-order valence-corrected chi connectivity index (χ2v) is 9.75. The van der Waals surface area contributed by atoms with Crippen LogP contribution in [0.4, 0.5) is 0 Å². The third-order valence-electron chi connectivity index (χ3n) is 9.03. The summed E-state index contributed by atoms with van der Waals surface area (Å²) >= 11 is 0. The predicted molar refractivity (Wildman–Crippen MR) is 91.4 cm³/mol. The maximum Gasteiger partial charge on any atom is 0.164 e. The number of hydrogen-bond acceptors (Lipinski definition) is 3. The topological polar surface area (TPSA) is 49.8 Å². The maximum absolute atomic E-state index is 12.4. The molecule has 0 unspecified atom stereocenters. The first kappa shape index (κ1) is 15.6. The van der Waals surface area contributed by atoms with Crippen LogP contribution in [0.25, 0.3) is 0 Å². The van der Waals surface area contributed by atoms with Gasteiger partial charge in [0.15, 0.2) is 11.4 Å². The predicted octanol–water partition coefficient (Wildman–Crippen LogP) is 3.65. The van der Waals surface area contributed by atoms with Crippen molar-refractivity contribution in [3.8, 4) is 0 Å². The van der Waals surface area contributed by atoms with Crippen LogP contribution in [0.1, 0.15) is 65.7 Å². The maximum atomic E-state index is 12.4. The number of Topliss-reactive ketones (excluding diaryl/α,β-unsaturated/α-hetero) is 1. The Morgan fingerprint density at radius 2 is 2.04 bits per heavy atom. The van der Waals surface area contributed by atoms with Crippen LogP contribution in [0.15, 0.2) is 11.6 Å². The van der Waals surface area contributed by atoms with E-state index in [2.05, 4.69) is 19.9 Å². The number of aliphatic hydroxyl groups is 1. The van der Waals surface area contributed by atoms with Gasteiger partial charge in [0.25, 0.3) is 0 Å². The summed E-state index contributed by atoms with van der Waals surface area (Å²) in [6.07, 6.45) is 10.0. The van der Waals surface area contributed by atoms with Crippen molar-refractivity contribution in [1.82, 2.24) is 0 Å². The molecule has 4 aliphatic carbocycles. The van der Waals surface area contributed by atoms with E-state index in [9.17, 15) is 9.90 Å². The fraction of sp³-hybridized carbons (Fsp3) is 0.857. The summed E-state index contributed by atoms with van der Waals surface area (Å²) in [6.45, 7) is 6.54. The fourth-order valence-electron chi connectivity index (χ4n) is 7.71. The molecule has 0 radical (unpaired) electrons.